The second kappa shape index (κ2) is 6.18. The van der Waals surface area contributed by atoms with Crippen LogP contribution in [0, 0.1) is 6.92 Å². The Morgan fingerprint density at radius 1 is 1.29 bits per heavy atom. The minimum atomic E-state index is 0.0329. The summed E-state index contributed by atoms with van der Waals surface area (Å²) in [5.41, 5.74) is 1.72. The molecule has 0 amide bonds. The summed E-state index contributed by atoms with van der Waals surface area (Å²) in [6, 6.07) is 5.72. The molecule has 0 bridgehead atoms. The average molecular weight is 288 g/mol. The Balaban J connectivity index is 1.74. The lowest BCUT2D eigenvalue weighted by molar-refractivity contribution is -0.129. The van der Waals surface area contributed by atoms with Crippen molar-refractivity contribution in [1.82, 2.24) is 0 Å². The maximum absolute atomic E-state index is 11.2. The molecule has 1 saturated heterocycles. The summed E-state index contributed by atoms with van der Waals surface area (Å²) in [6.07, 6.45) is 9.07. The maximum Gasteiger partial charge on any atom is 0.153 e. The van der Waals surface area contributed by atoms with Crippen molar-refractivity contribution in [3.8, 4) is 5.75 Å². The molecule has 1 unspecified atom stereocenters. The molecule has 1 saturated carbocycles. The van der Waals surface area contributed by atoms with Crippen molar-refractivity contribution in [2.24, 2.45) is 0 Å². The first-order valence-corrected chi connectivity index (χ1v) is 8.08. The summed E-state index contributed by atoms with van der Waals surface area (Å²) in [5, 5.41) is 0. The van der Waals surface area contributed by atoms with Crippen molar-refractivity contribution >= 4 is 6.29 Å². The summed E-state index contributed by atoms with van der Waals surface area (Å²) in [5.74, 6) is 0.755. The van der Waals surface area contributed by atoms with Gasteiger partial charge in [0.05, 0.1) is 17.8 Å². The van der Waals surface area contributed by atoms with Gasteiger partial charge < -0.3 is 9.47 Å². The van der Waals surface area contributed by atoms with Crippen LogP contribution in [0.1, 0.15) is 60.9 Å². The molecular formula is C18H24O3. The number of ether oxygens (including phenoxy) is 2. The first-order valence-electron chi connectivity index (χ1n) is 8.08. The zero-order chi connectivity index (χ0) is 14.7. The van der Waals surface area contributed by atoms with E-state index in [1.165, 1.54) is 19.3 Å². The van der Waals surface area contributed by atoms with E-state index < -0.39 is 0 Å². The minimum absolute atomic E-state index is 0.0329. The van der Waals surface area contributed by atoms with Crippen LogP contribution in [0.3, 0.4) is 0 Å². The van der Waals surface area contributed by atoms with Gasteiger partial charge in [0.15, 0.2) is 6.29 Å². The van der Waals surface area contributed by atoms with Gasteiger partial charge in [-0.3, -0.25) is 4.79 Å². The number of aryl methyl sites for hydroxylation is 1. The summed E-state index contributed by atoms with van der Waals surface area (Å²) in [6.45, 7) is 2.77. The summed E-state index contributed by atoms with van der Waals surface area (Å²) >= 11 is 0. The van der Waals surface area contributed by atoms with Crippen LogP contribution in [0.5, 0.6) is 5.75 Å². The maximum atomic E-state index is 11.2. The van der Waals surface area contributed by atoms with E-state index in [-0.39, 0.29) is 11.7 Å². The Morgan fingerprint density at radius 3 is 2.86 bits per heavy atom. The molecule has 0 aromatic heterocycles. The number of rotatable bonds is 3. The van der Waals surface area contributed by atoms with Crippen LogP contribution in [0.25, 0.3) is 0 Å². The van der Waals surface area contributed by atoms with Gasteiger partial charge in [0.25, 0.3) is 0 Å². The van der Waals surface area contributed by atoms with Crippen molar-refractivity contribution in [3.63, 3.8) is 0 Å². The SMILES string of the molecule is Cc1cccc(C=O)c1OC1CCOC2(CCCCC2)C1. The lowest BCUT2D eigenvalue weighted by Crippen LogP contribution is -2.45. The van der Waals surface area contributed by atoms with Crippen molar-refractivity contribution in [2.45, 2.75) is 63.6 Å². The third-order valence-electron chi connectivity index (χ3n) is 4.87. The van der Waals surface area contributed by atoms with Crippen LogP contribution < -0.4 is 4.74 Å². The fourth-order valence-electron chi connectivity index (χ4n) is 3.72. The highest BCUT2D eigenvalue weighted by Gasteiger charge is 2.39. The standard InChI is InChI=1S/C18H24O3/c1-14-6-5-7-15(13-19)17(14)21-16-8-11-20-18(12-16)9-3-2-4-10-18/h5-7,13,16H,2-4,8-12H2,1H3. The molecule has 1 aliphatic heterocycles. The number of carbonyl (C=O) groups excluding carboxylic acids is 1. The number of para-hydroxylation sites is 1. The molecule has 1 aromatic rings. The fourth-order valence-corrected chi connectivity index (χ4v) is 3.72. The van der Waals surface area contributed by atoms with Gasteiger partial charge in [-0.25, -0.2) is 0 Å². The van der Waals surface area contributed by atoms with E-state index in [4.69, 9.17) is 9.47 Å². The molecule has 3 nitrogen and oxygen atoms in total. The number of hydrogen-bond acceptors (Lipinski definition) is 3. The third-order valence-corrected chi connectivity index (χ3v) is 4.87. The van der Waals surface area contributed by atoms with Gasteiger partial charge in [0.2, 0.25) is 0 Å². The molecule has 1 atom stereocenters. The zero-order valence-corrected chi connectivity index (χ0v) is 12.8. The van der Waals surface area contributed by atoms with Gasteiger partial charge in [-0.15, -0.1) is 0 Å². The number of benzene rings is 1. The van der Waals surface area contributed by atoms with Crippen LogP contribution in [-0.2, 0) is 4.74 Å². The molecule has 1 spiro atoms. The fraction of sp³-hybridized carbons (Fsp3) is 0.611. The normalized spacial score (nSPS) is 24.7. The van der Waals surface area contributed by atoms with Crippen LogP contribution in [-0.4, -0.2) is 24.6 Å². The molecule has 1 aromatic carbocycles. The Kier molecular flexibility index (Phi) is 4.29. The van der Waals surface area contributed by atoms with E-state index in [0.717, 1.165) is 49.9 Å². The van der Waals surface area contributed by atoms with Gasteiger partial charge in [0, 0.05) is 12.8 Å². The highest BCUT2D eigenvalue weighted by molar-refractivity contribution is 5.80. The summed E-state index contributed by atoms with van der Waals surface area (Å²) in [7, 11) is 0. The first kappa shape index (κ1) is 14.6. The topological polar surface area (TPSA) is 35.5 Å². The van der Waals surface area contributed by atoms with Crippen molar-refractivity contribution in [3.05, 3.63) is 29.3 Å². The number of aldehydes is 1. The molecule has 2 aliphatic rings. The van der Waals surface area contributed by atoms with Gasteiger partial charge in [0.1, 0.15) is 11.9 Å². The van der Waals surface area contributed by atoms with E-state index in [0.29, 0.717) is 5.56 Å². The second-order valence-electron chi connectivity index (χ2n) is 6.44. The summed E-state index contributed by atoms with van der Waals surface area (Å²) in [4.78, 5) is 11.2. The van der Waals surface area contributed by atoms with E-state index in [1.54, 1.807) is 0 Å². The molecule has 3 heteroatoms. The smallest absolute Gasteiger partial charge is 0.153 e. The van der Waals surface area contributed by atoms with Crippen molar-refractivity contribution < 1.29 is 14.3 Å². The van der Waals surface area contributed by atoms with Crippen molar-refractivity contribution in [2.75, 3.05) is 6.61 Å². The molecule has 0 radical (unpaired) electrons. The second-order valence-corrected chi connectivity index (χ2v) is 6.44. The molecule has 21 heavy (non-hydrogen) atoms. The Labute approximate surface area is 126 Å². The Hall–Kier alpha value is -1.35. The molecule has 114 valence electrons. The highest BCUT2D eigenvalue weighted by atomic mass is 16.5. The van der Waals surface area contributed by atoms with E-state index in [2.05, 4.69) is 0 Å². The lowest BCUT2D eigenvalue weighted by Gasteiger charge is -2.43. The molecule has 1 aliphatic carbocycles. The Morgan fingerprint density at radius 2 is 2.10 bits per heavy atom. The monoisotopic (exact) mass is 288 g/mol. The van der Waals surface area contributed by atoms with E-state index >= 15 is 0 Å². The van der Waals surface area contributed by atoms with Crippen LogP contribution in [0.4, 0.5) is 0 Å². The van der Waals surface area contributed by atoms with Gasteiger partial charge in [-0.2, -0.15) is 0 Å². The van der Waals surface area contributed by atoms with E-state index in [9.17, 15) is 4.79 Å². The summed E-state index contributed by atoms with van der Waals surface area (Å²) < 4.78 is 12.3. The molecule has 3 rings (SSSR count). The largest absolute Gasteiger partial charge is 0.489 e. The predicted octanol–water partition coefficient (Wildman–Crippen LogP) is 4.07. The highest BCUT2D eigenvalue weighted by Crippen LogP contribution is 2.40. The van der Waals surface area contributed by atoms with Gasteiger partial charge in [-0.1, -0.05) is 31.4 Å². The molecule has 2 fully saturated rings. The third kappa shape index (κ3) is 3.13. The molecule has 1 heterocycles. The zero-order valence-electron chi connectivity index (χ0n) is 12.8. The quantitative estimate of drug-likeness (QED) is 0.787. The van der Waals surface area contributed by atoms with Gasteiger partial charge >= 0.3 is 0 Å². The predicted molar refractivity (Wildman–Crippen MR) is 82.0 cm³/mol. The molecule has 0 N–H and O–H groups in total. The van der Waals surface area contributed by atoms with Crippen LogP contribution >= 0.6 is 0 Å². The minimum Gasteiger partial charge on any atom is -0.489 e. The molecular weight excluding hydrogens is 264 g/mol. The van der Waals surface area contributed by atoms with Crippen LogP contribution in [0.15, 0.2) is 18.2 Å². The first-order chi connectivity index (χ1) is 10.2. The van der Waals surface area contributed by atoms with Crippen LogP contribution in [0.2, 0.25) is 0 Å². The van der Waals surface area contributed by atoms with Crippen molar-refractivity contribution in [1.29, 1.82) is 0 Å². The average Bonchev–Trinajstić information content (AvgIpc) is 2.50. The van der Waals surface area contributed by atoms with Gasteiger partial charge in [-0.05, 0) is 31.4 Å². The number of hydrogen-bond donors (Lipinski definition) is 0. The number of carbonyl (C=O) groups is 1. The van der Waals surface area contributed by atoms with E-state index in [1.807, 2.05) is 25.1 Å². The lowest BCUT2D eigenvalue weighted by atomic mass is 9.79. The Bertz CT molecular complexity index is 498.